The lowest BCUT2D eigenvalue weighted by Crippen LogP contribution is -2.05. The van der Waals surface area contributed by atoms with Crippen LogP contribution in [-0.4, -0.2) is 26.6 Å². The molecule has 8 nitrogen and oxygen atoms in total. The van der Waals surface area contributed by atoms with Crippen molar-refractivity contribution in [3.05, 3.63) is 70.3 Å². The van der Waals surface area contributed by atoms with Gasteiger partial charge in [-0.25, -0.2) is 9.97 Å². The largest absolute Gasteiger partial charge is 0.494 e. The van der Waals surface area contributed by atoms with Gasteiger partial charge < -0.3 is 14.6 Å². The average Bonchev–Trinajstić information content (AvgIpc) is 3.15. The standard InChI is InChI=1S/C22H18FN5O3/c1-31-20-10-16(23)19(28(29)30)11-18(20)26-22-24-8-7-17(25-22)15-12-27-9-3-5-13-4-2-6-14(15)21(13)27/h2,4,6-8,10-12H,3,5,9H2,1H3,(H,24,25,26). The molecular formula is C22H18FN5O3. The Kier molecular flexibility index (Phi) is 4.50. The number of hydrogen-bond acceptors (Lipinski definition) is 6. The Bertz CT molecular complexity index is 1330. The molecule has 0 saturated carbocycles. The minimum atomic E-state index is -0.976. The minimum absolute atomic E-state index is 0.115. The average molecular weight is 419 g/mol. The van der Waals surface area contributed by atoms with E-state index in [0.29, 0.717) is 0 Å². The van der Waals surface area contributed by atoms with Crippen LogP contribution in [0.1, 0.15) is 12.0 Å². The van der Waals surface area contributed by atoms with Crippen LogP contribution in [0.2, 0.25) is 0 Å². The van der Waals surface area contributed by atoms with Crippen molar-refractivity contribution >= 4 is 28.2 Å². The zero-order chi connectivity index (χ0) is 21.5. The Hall–Kier alpha value is -4.01. The molecule has 5 rings (SSSR count). The molecule has 0 aliphatic carbocycles. The van der Waals surface area contributed by atoms with Crippen LogP contribution in [0, 0.1) is 15.9 Å². The summed E-state index contributed by atoms with van der Waals surface area (Å²) in [5, 5.41) is 15.2. The molecule has 2 aromatic heterocycles. The van der Waals surface area contributed by atoms with Crippen LogP contribution >= 0.6 is 0 Å². The number of hydrogen-bond donors (Lipinski definition) is 1. The number of aromatic nitrogens is 3. The molecule has 0 spiro atoms. The predicted octanol–water partition coefficient (Wildman–Crippen LogP) is 4.84. The molecule has 0 radical (unpaired) electrons. The third kappa shape index (κ3) is 3.24. The van der Waals surface area contributed by atoms with E-state index in [2.05, 4.69) is 44.2 Å². The SMILES string of the molecule is COc1cc(F)c([N+](=O)[O-])cc1Nc1nccc(-c2cn3c4c(cccc24)CCC3)n1. The number of anilines is 2. The van der Waals surface area contributed by atoms with Crippen LogP contribution in [0.15, 0.2) is 48.8 Å². The van der Waals surface area contributed by atoms with Crippen molar-refractivity contribution in [1.82, 2.24) is 14.5 Å². The molecule has 0 unspecified atom stereocenters. The number of ether oxygens (including phenoxy) is 1. The predicted molar refractivity (Wildman–Crippen MR) is 114 cm³/mol. The highest BCUT2D eigenvalue weighted by Gasteiger charge is 2.21. The summed E-state index contributed by atoms with van der Waals surface area (Å²) in [6.07, 6.45) is 5.87. The molecule has 0 fully saturated rings. The van der Waals surface area contributed by atoms with Crippen LogP contribution in [0.3, 0.4) is 0 Å². The number of halogens is 1. The van der Waals surface area contributed by atoms with Gasteiger partial charge in [-0.3, -0.25) is 10.1 Å². The molecule has 1 N–H and O–H groups in total. The fourth-order valence-electron chi connectivity index (χ4n) is 4.10. The van der Waals surface area contributed by atoms with E-state index in [4.69, 9.17) is 4.74 Å². The van der Waals surface area contributed by atoms with E-state index in [1.807, 2.05) is 6.07 Å². The molecule has 1 aliphatic rings. The number of methoxy groups -OCH3 is 1. The Balaban J connectivity index is 1.56. The summed E-state index contributed by atoms with van der Waals surface area (Å²) in [7, 11) is 1.36. The van der Waals surface area contributed by atoms with Gasteiger partial charge in [-0.15, -0.1) is 0 Å². The molecule has 156 valence electrons. The topological polar surface area (TPSA) is 95.1 Å². The summed E-state index contributed by atoms with van der Waals surface area (Å²) in [5.41, 5.74) is 3.81. The number of nitro benzene ring substituents is 1. The molecule has 4 aromatic rings. The highest BCUT2D eigenvalue weighted by Crippen LogP contribution is 2.36. The number of aryl methyl sites for hydroxylation is 2. The van der Waals surface area contributed by atoms with Crippen LogP contribution in [0.25, 0.3) is 22.2 Å². The Labute approximate surface area is 176 Å². The molecule has 0 atom stereocenters. The molecule has 0 saturated heterocycles. The van der Waals surface area contributed by atoms with E-state index in [9.17, 15) is 14.5 Å². The van der Waals surface area contributed by atoms with Crippen molar-refractivity contribution in [3.63, 3.8) is 0 Å². The smallest absolute Gasteiger partial charge is 0.307 e. The van der Waals surface area contributed by atoms with Crippen LogP contribution in [0.5, 0.6) is 5.75 Å². The van der Waals surface area contributed by atoms with Gasteiger partial charge in [-0.2, -0.15) is 4.39 Å². The first-order valence-corrected chi connectivity index (χ1v) is 9.78. The summed E-state index contributed by atoms with van der Waals surface area (Å²) >= 11 is 0. The molecule has 0 bridgehead atoms. The van der Waals surface area contributed by atoms with Crippen molar-refractivity contribution in [2.24, 2.45) is 0 Å². The first kappa shape index (κ1) is 19.0. The number of nitrogens with one attached hydrogen (secondary N) is 1. The van der Waals surface area contributed by atoms with Crippen molar-refractivity contribution in [1.29, 1.82) is 0 Å². The zero-order valence-corrected chi connectivity index (χ0v) is 16.6. The van der Waals surface area contributed by atoms with Gasteiger partial charge in [0.1, 0.15) is 5.75 Å². The fraction of sp³-hybridized carbons (Fsp3) is 0.182. The lowest BCUT2D eigenvalue weighted by molar-refractivity contribution is -0.387. The first-order valence-electron chi connectivity index (χ1n) is 9.78. The Morgan fingerprint density at radius 3 is 2.97 bits per heavy atom. The third-order valence-corrected chi connectivity index (χ3v) is 5.47. The van der Waals surface area contributed by atoms with E-state index < -0.39 is 16.4 Å². The van der Waals surface area contributed by atoms with Gasteiger partial charge in [0.2, 0.25) is 11.8 Å². The lowest BCUT2D eigenvalue weighted by Gasteiger charge is -2.14. The molecule has 2 aromatic carbocycles. The maximum Gasteiger partial charge on any atom is 0.307 e. The summed E-state index contributed by atoms with van der Waals surface area (Å²) in [6, 6.07) is 10.2. The molecule has 0 amide bonds. The van der Waals surface area contributed by atoms with Crippen molar-refractivity contribution in [2.75, 3.05) is 12.4 Å². The minimum Gasteiger partial charge on any atom is -0.494 e. The van der Waals surface area contributed by atoms with Gasteiger partial charge in [0.25, 0.3) is 0 Å². The molecule has 1 aliphatic heterocycles. The maximum absolute atomic E-state index is 13.9. The van der Waals surface area contributed by atoms with Gasteiger partial charge in [-0.1, -0.05) is 18.2 Å². The summed E-state index contributed by atoms with van der Waals surface area (Å²) in [6.45, 7) is 0.958. The first-order chi connectivity index (χ1) is 15.0. The van der Waals surface area contributed by atoms with E-state index in [1.165, 1.54) is 18.2 Å². The molecular weight excluding hydrogens is 401 g/mol. The quantitative estimate of drug-likeness (QED) is 0.367. The van der Waals surface area contributed by atoms with Crippen molar-refractivity contribution < 1.29 is 14.1 Å². The number of nitrogens with zero attached hydrogens (tertiary/aromatic N) is 4. The molecule has 9 heteroatoms. The van der Waals surface area contributed by atoms with Gasteiger partial charge in [0.15, 0.2) is 0 Å². The Morgan fingerprint density at radius 2 is 2.16 bits per heavy atom. The Morgan fingerprint density at radius 1 is 1.29 bits per heavy atom. The summed E-state index contributed by atoms with van der Waals surface area (Å²) in [5.74, 6) is -0.635. The van der Waals surface area contributed by atoms with E-state index in [0.717, 1.165) is 48.2 Å². The van der Waals surface area contributed by atoms with E-state index in [1.54, 1.807) is 6.20 Å². The van der Waals surface area contributed by atoms with Crippen molar-refractivity contribution in [2.45, 2.75) is 19.4 Å². The second-order valence-electron chi connectivity index (χ2n) is 7.30. The lowest BCUT2D eigenvalue weighted by atomic mass is 10.0. The van der Waals surface area contributed by atoms with Gasteiger partial charge >= 0.3 is 5.69 Å². The second kappa shape index (κ2) is 7.35. The molecule has 31 heavy (non-hydrogen) atoms. The van der Waals surface area contributed by atoms with Crippen LogP contribution < -0.4 is 10.1 Å². The fourth-order valence-corrected chi connectivity index (χ4v) is 4.10. The van der Waals surface area contributed by atoms with Gasteiger partial charge in [-0.05, 0) is 24.5 Å². The molecule has 3 heterocycles. The second-order valence-corrected chi connectivity index (χ2v) is 7.30. The van der Waals surface area contributed by atoms with Gasteiger partial charge in [0, 0.05) is 42.0 Å². The number of rotatable bonds is 5. The maximum atomic E-state index is 13.9. The monoisotopic (exact) mass is 419 g/mol. The van der Waals surface area contributed by atoms with Gasteiger partial charge in [0.05, 0.1) is 28.9 Å². The van der Waals surface area contributed by atoms with Crippen molar-refractivity contribution in [3.8, 4) is 17.0 Å². The zero-order valence-electron chi connectivity index (χ0n) is 16.6. The van der Waals surface area contributed by atoms with Crippen LogP contribution in [-0.2, 0) is 13.0 Å². The van der Waals surface area contributed by atoms with E-state index >= 15 is 0 Å². The third-order valence-electron chi connectivity index (χ3n) is 5.47. The highest BCUT2D eigenvalue weighted by atomic mass is 19.1. The summed E-state index contributed by atoms with van der Waals surface area (Å²) in [4.78, 5) is 19.2. The normalized spacial score (nSPS) is 12.7. The van der Waals surface area contributed by atoms with Crippen LogP contribution in [0.4, 0.5) is 21.7 Å². The number of para-hydroxylation sites is 1. The van der Waals surface area contributed by atoms with E-state index in [-0.39, 0.29) is 17.4 Å². The number of benzene rings is 2. The number of nitro groups is 1. The highest BCUT2D eigenvalue weighted by molar-refractivity contribution is 5.97. The summed E-state index contributed by atoms with van der Waals surface area (Å²) < 4.78 is 21.3.